The molecule has 0 heterocycles. The number of aryl methyl sites for hydroxylation is 1. The lowest BCUT2D eigenvalue weighted by molar-refractivity contribution is -0.384. The summed E-state index contributed by atoms with van der Waals surface area (Å²) in [7, 11) is -3.99. The van der Waals surface area contributed by atoms with E-state index in [4.69, 9.17) is 23.2 Å². The van der Waals surface area contributed by atoms with Crippen LogP contribution in [0, 0.1) is 17.0 Å². The van der Waals surface area contributed by atoms with Gasteiger partial charge in [-0.3, -0.25) is 14.9 Å². The number of carbonyl (C=O) groups excluding carboxylic acids is 1. The highest BCUT2D eigenvalue weighted by molar-refractivity contribution is 7.91. The van der Waals surface area contributed by atoms with Crippen LogP contribution in [0.2, 0.25) is 10.0 Å². The van der Waals surface area contributed by atoms with Gasteiger partial charge in [0.25, 0.3) is 5.69 Å². The number of ketones is 1. The standard InChI is InChI=1S/C22H17Cl2NO5S/c1-14-2-9-18(10-3-14)31(29,30)22(19-11-6-16(23)12-20(19)24)13-21(26)15-4-7-17(8-5-15)25(27)28/h2-12,22H,13H2,1H3/t22-/m0/s1. The predicted molar refractivity (Wildman–Crippen MR) is 120 cm³/mol. The lowest BCUT2D eigenvalue weighted by Gasteiger charge is -2.19. The van der Waals surface area contributed by atoms with Gasteiger partial charge >= 0.3 is 0 Å². The Morgan fingerprint density at radius 1 is 1.00 bits per heavy atom. The minimum atomic E-state index is -3.99. The van der Waals surface area contributed by atoms with Crippen molar-refractivity contribution in [3.05, 3.63) is 104 Å². The van der Waals surface area contributed by atoms with Crippen molar-refractivity contribution in [2.75, 3.05) is 0 Å². The van der Waals surface area contributed by atoms with Crippen LogP contribution in [0.5, 0.6) is 0 Å². The first-order chi connectivity index (χ1) is 14.6. The highest BCUT2D eigenvalue weighted by Crippen LogP contribution is 2.37. The number of benzene rings is 3. The van der Waals surface area contributed by atoms with Crippen LogP contribution in [-0.2, 0) is 9.84 Å². The summed E-state index contributed by atoms with van der Waals surface area (Å²) in [5, 5.41) is 10.0. The van der Waals surface area contributed by atoms with E-state index in [1.165, 1.54) is 54.6 Å². The Kier molecular flexibility index (Phi) is 6.79. The molecular weight excluding hydrogens is 461 g/mol. The van der Waals surface area contributed by atoms with E-state index in [-0.39, 0.29) is 26.7 Å². The minimum Gasteiger partial charge on any atom is -0.294 e. The molecule has 0 N–H and O–H groups in total. The van der Waals surface area contributed by atoms with Gasteiger partial charge in [0, 0.05) is 34.2 Å². The van der Waals surface area contributed by atoms with Crippen LogP contribution in [0.25, 0.3) is 0 Å². The summed E-state index contributed by atoms with van der Waals surface area (Å²) in [6, 6.07) is 15.7. The van der Waals surface area contributed by atoms with Crippen molar-refractivity contribution in [2.45, 2.75) is 23.5 Å². The number of carbonyl (C=O) groups is 1. The number of hydrogen-bond donors (Lipinski definition) is 0. The van der Waals surface area contributed by atoms with Gasteiger partial charge in [0.15, 0.2) is 15.6 Å². The monoisotopic (exact) mass is 477 g/mol. The molecular formula is C22H17Cl2NO5S. The average molecular weight is 478 g/mol. The molecule has 0 unspecified atom stereocenters. The molecule has 0 spiro atoms. The lowest BCUT2D eigenvalue weighted by Crippen LogP contribution is -2.18. The molecule has 0 bridgehead atoms. The quantitative estimate of drug-likeness (QED) is 0.236. The molecule has 0 fully saturated rings. The molecule has 31 heavy (non-hydrogen) atoms. The molecule has 0 saturated heterocycles. The first-order valence-corrected chi connectivity index (χ1v) is 11.4. The summed E-state index contributed by atoms with van der Waals surface area (Å²) < 4.78 is 26.9. The number of hydrogen-bond acceptors (Lipinski definition) is 5. The number of non-ortho nitro benzene ring substituents is 1. The third kappa shape index (κ3) is 5.12. The maximum Gasteiger partial charge on any atom is 0.269 e. The van der Waals surface area contributed by atoms with Gasteiger partial charge in [-0.05, 0) is 48.9 Å². The molecule has 3 aromatic carbocycles. The smallest absolute Gasteiger partial charge is 0.269 e. The summed E-state index contributed by atoms with van der Waals surface area (Å²) in [6.45, 7) is 1.84. The van der Waals surface area contributed by atoms with Gasteiger partial charge in [0.05, 0.1) is 15.1 Å². The Balaban J connectivity index is 2.04. The molecule has 1 atom stereocenters. The third-order valence-corrected chi connectivity index (χ3v) is 7.47. The maximum atomic E-state index is 13.5. The van der Waals surface area contributed by atoms with Gasteiger partial charge in [0.2, 0.25) is 0 Å². The number of sulfone groups is 1. The van der Waals surface area contributed by atoms with Crippen molar-refractivity contribution in [2.24, 2.45) is 0 Å². The molecule has 160 valence electrons. The van der Waals surface area contributed by atoms with E-state index in [0.29, 0.717) is 5.02 Å². The molecule has 0 aliphatic rings. The summed E-state index contributed by atoms with van der Waals surface area (Å²) in [5.41, 5.74) is 1.14. The Bertz CT molecular complexity index is 1240. The average Bonchev–Trinajstić information content (AvgIpc) is 2.72. The van der Waals surface area contributed by atoms with Gasteiger partial charge in [-0.25, -0.2) is 8.42 Å². The van der Waals surface area contributed by atoms with E-state index in [2.05, 4.69) is 0 Å². The SMILES string of the molecule is Cc1ccc(S(=O)(=O)[C@@H](CC(=O)c2ccc([N+](=O)[O-])cc2)c2ccc(Cl)cc2Cl)cc1. The third-order valence-electron chi connectivity index (χ3n) is 4.80. The van der Waals surface area contributed by atoms with E-state index >= 15 is 0 Å². The van der Waals surface area contributed by atoms with Crippen LogP contribution in [0.1, 0.15) is 33.2 Å². The normalized spacial score (nSPS) is 12.4. The number of Topliss-reactive ketones (excluding diaryl/α,β-unsaturated/α-hetero) is 1. The van der Waals surface area contributed by atoms with Crippen LogP contribution < -0.4 is 0 Å². The number of halogens is 2. The van der Waals surface area contributed by atoms with E-state index in [9.17, 15) is 23.3 Å². The van der Waals surface area contributed by atoms with E-state index in [1.54, 1.807) is 12.1 Å². The van der Waals surface area contributed by atoms with Gasteiger partial charge in [-0.15, -0.1) is 0 Å². The van der Waals surface area contributed by atoms with E-state index in [1.807, 2.05) is 6.92 Å². The molecule has 0 amide bonds. The summed E-state index contributed by atoms with van der Waals surface area (Å²) >= 11 is 12.2. The number of nitro benzene ring substituents is 1. The second-order valence-electron chi connectivity index (χ2n) is 6.94. The molecule has 0 aliphatic heterocycles. The van der Waals surface area contributed by atoms with Crippen LogP contribution in [0.3, 0.4) is 0 Å². The van der Waals surface area contributed by atoms with E-state index < -0.39 is 32.2 Å². The fourth-order valence-corrected chi connectivity index (χ4v) is 5.46. The van der Waals surface area contributed by atoms with Crippen LogP contribution in [0.4, 0.5) is 5.69 Å². The lowest BCUT2D eigenvalue weighted by atomic mass is 10.0. The Labute approximate surface area is 189 Å². The summed E-state index contributed by atoms with van der Waals surface area (Å²) in [4.78, 5) is 23.2. The van der Waals surface area contributed by atoms with Crippen molar-refractivity contribution in [1.82, 2.24) is 0 Å². The van der Waals surface area contributed by atoms with Crippen molar-refractivity contribution in [3.63, 3.8) is 0 Å². The van der Waals surface area contributed by atoms with Crippen molar-refractivity contribution < 1.29 is 18.1 Å². The zero-order chi connectivity index (χ0) is 22.8. The molecule has 3 aromatic rings. The molecule has 0 aromatic heterocycles. The molecule has 9 heteroatoms. The van der Waals surface area contributed by atoms with Gasteiger partial charge in [-0.2, -0.15) is 0 Å². The fourth-order valence-electron chi connectivity index (χ4n) is 3.10. The Hall–Kier alpha value is -2.74. The molecule has 0 radical (unpaired) electrons. The first kappa shape index (κ1) is 22.9. The maximum absolute atomic E-state index is 13.5. The molecule has 6 nitrogen and oxygen atoms in total. The Morgan fingerprint density at radius 3 is 2.16 bits per heavy atom. The second-order valence-corrected chi connectivity index (χ2v) is 9.92. The Morgan fingerprint density at radius 2 is 1.61 bits per heavy atom. The van der Waals surface area contributed by atoms with Gasteiger partial charge in [0.1, 0.15) is 0 Å². The zero-order valence-corrected chi connectivity index (χ0v) is 18.6. The summed E-state index contributed by atoms with van der Waals surface area (Å²) in [6.07, 6.45) is -0.393. The second kappa shape index (κ2) is 9.18. The van der Waals surface area contributed by atoms with Gasteiger partial charge in [-0.1, -0.05) is 47.0 Å². The van der Waals surface area contributed by atoms with Crippen LogP contribution in [-0.4, -0.2) is 19.1 Å². The number of nitro groups is 1. The van der Waals surface area contributed by atoms with Crippen LogP contribution >= 0.6 is 23.2 Å². The molecule has 3 rings (SSSR count). The number of rotatable bonds is 7. The number of nitrogens with zero attached hydrogens (tertiary/aromatic N) is 1. The summed E-state index contributed by atoms with van der Waals surface area (Å²) in [5.74, 6) is -0.485. The van der Waals surface area contributed by atoms with Crippen molar-refractivity contribution in [3.8, 4) is 0 Å². The fraction of sp³-hybridized carbons (Fsp3) is 0.136. The first-order valence-electron chi connectivity index (χ1n) is 9.13. The molecule has 0 aliphatic carbocycles. The minimum absolute atomic E-state index is 0.0608. The zero-order valence-electron chi connectivity index (χ0n) is 16.3. The largest absolute Gasteiger partial charge is 0.294 e. The highest BCUT2D eigenvalue weighted by atomic mass is 35.5. The van der Waals surface area contributed by atoms with Crippen molar-refractivity contribution >= 4 is 44.5 Å². The topological polar surface area (TPSA) is 94.3 Å². The van der Waals surface area contributed by atoms with E-state index in [0.717, 1.165) is 5.56 Å². The predicted octanol–water partition coefficient (Wildman–Crippen LogP) is 6.00. The van der Waals surface area contributed by atoms with Crippen molar-refractivity contribution in [1.29, 1.82) is 0 Å². The molecule has 0 saturated carbocycles. The van der Waals surface area contributed by atoms with Crippen LogP contribution in [0.15, 0.2) is 71.6 Å². The van der Waals surface area contributed by atoms with Gasteiger partial charge < -0.3 is 0 Å². The highest BCUT2D eigenvalue weighted by Gasteiger charge is 2.33.